The summed E-state index contributed by atoms with van der Waals surface area (Å²) in [4.78, 5) is 10.6. The van der Waals surface area contributed by atoms with Crippen molar-refractivity contribution in [3.05, 3.63) is 35.9 Å². The highest BCUT2D eigenvalue weighted by Crippen LogP contribution is 2.20. The number of benzene rings is 1. The Hall–Kier alpha value is -1.84. The predicted molar refractivity (Wildman–Crippen MR) is 76.3 cm³/mol. The van der Waals surface area contributed by atoms with E-state index in [0.717, 1.165) is 19.3 Å². The third kappa shape index (κ3) is 7.24. The molecule has 0 radical (unpaired) electrons. The molecule has 0 saturated heterocycles. The molecule has 0 aromatic heterocycles. The maximum atomic E-state index is 10.6. The van der Waals surface area contributed by atoms with Crippen molar-refractivity contribution < 1.29 is 9.90 Å². The van der Waals surface area contributed by atoms with Gasteiger partial charge in [0.1, 0.15) is 0 Å². The van der Waals surface area contributed by atoms with Crippen LogP contribution in [0.1, 0.15) is 37.7 Å². The molecule has 0 fully saturated rings. The van der Waals surface area contributed by atoms with Gasteiger partial charge in [-0.25, -0.2) is 0 Å². The number of hydrogen-bond acceptors (Lipinski definition) is 2. The molecule has 1 unspecified atom stereocenters. The zero-order valence-corrected chi connectivity index (χ0v) is 11.1. The average molecular weight is 262 g/mol. The summed E-state index contributed by atoms with van der Waals surface area (Å²) in [6.07, 6.45) is 4.13. The first kappa shape index (κ1) is 15.2. The maximum absolute atomic E-state index is 10.6. The minimum Gasteiger partial charge on any atom is -0.481 e. The first-order valence-corrected chi connectivity index (χ1v) is 6.66. The second kappa shape index (κ2) is 8.29. The van der Waals surface area contributed by atoms with Gasteiger partial charge < -0.3 is 10.8 Å². The lowest BCUT2D eigenvalue weighted by Crippen LogP contribution is -2.14. The Morgan fingerprint density at radius 1 is 1.21 bits per heavy atom. The minimum atomic E-state index is -0.745. The van der Waals surface area contributed by atoms with E-state index in [0.29, 0.717) is 18.8 Å². The Morgan fingerprint density at radius 3 is 2.47 bits per heavy atom. The van der Waals surface area contributed by atoms with E-state index in [2.05, 4.69) is 12.1 Å². The number of hydrogen-bond donors (Lipinski definition) is 3. The molecule has 4 heteroatoms. The van der Waals surface area contributed by atoms with Crippen LogP contribution >= 0.6 is 0 Å². The number of carboxylic acid groups (broad SMARTS) is 1. The fraction of sp³-hybridized carbons (Fsp3) is 0.467. The Morgan fingerprint density at radius 2 is 1.89 bits per heavy atom. The molecule has 0 saturated carbocycles. The first-order chi connectivity index (χ1) is 9.08. The number of nitrogens with two attached hydrogens (primary N) is 1. The van der Waals surface area contributed by atoms with Crippen molar-refractivity contribution in [3.63, 3.8) is 0 Å². The van der Waals surface area contributed by atoms with Gasteiger partial charge in [-0.15, -0.1) is 0 Å². The van der Waals surface area contributed by atoms with Crippen molar-refractivity contribution in [3.8, 4) is 0 Å². The van der Waals surface area contributed by atoms with E-state index >= 15 is 0 Å². The smallest absolute Gasteiger partial charge is 0.303 e. The van der Waals surface area contributed by atoms with Crippen LogP contribution in [0.5, 0.6) is 0 Å². The van der Waals surface area contributed by atoms with Crippen molar-refractivity contribution in [1.29, 1.82) is 5.41 Å². The SMILES string of the molecule is N=C(N)CCC(CCCC(=O)O)Cc1ccccc1. The van der Waals surface area contributed by atoms with Crippen LogP contribution in [0.25, 0.3) is 0 Å². The molecule has 1 atom stereocenters. The lowest BCUT2D eigenvalue weighted by Gasteiger charge is -2.16. The van der Waals surface area contributed by atoms with Gasteiger partial charge in [-0.1, -0.05) is 30.3 Å². The summed E-state index contributed by atoms with van der Waals surface area (Å²) in [5.41, 5.74) is 6.66. The first-order valence-electron chi connectivity index (χ1n) is 6.66. The quantitative estimate of drug-likeness (QED) is 0.472. The maximum Gasteiger partial charge on any atom is 0.303 e. The summed E-state index contributed by atoms with van der Waals surface area (Å²) in [5.74, 6) is -0.146. The van der Waals surface area contributed by atoms with Crippen LogP contribution in [0.4, 0.5) is 0 Å². The summed E-state index contributed by atoms with van der Waals surface area (Å²) in [5, 5.41) is 16.0. The van der Waals surface area contributed by atoms with Crippen molar-refractivity contribution in [2.75, 3.05) is 0 Å². The van der Waals surface area contributed by atoms with Crippen LogP contribution in [0.3, 0.4) is 0 Å². The molecule has 0 aliphatic carbocycles. The van der Waals surface area contributed by atoms with Crippen LogP contribution in [0.2, 0.25) is 0 Å². The third-order valence-corrected chi connectivity index (χ3v) is 3.19. The molecule has 0 aliphatic heterocycles. The molecular weight excluding hydrogens is 240 g/mol. The average Bonchev–Trinajstić information content (AvgIpc) is 2.36. The number of carbonyl (C=O) groups is 1. The van der Waals surface area contributed by atoms with Gasteiger partial charge in [0.15, 0.2) is 0 Å². The number of nitrogens with one attached hydrogen (secondary N) is 1. The van der Waals surface area contributed by atoms with E-state index in [9.17, 15) is 4.79 Å². The lowest BCUT2D eigenvalue weighted by molar-refractivity contribution is -0.137. The summed E-state index contributed by atoms with van der Waals surface area (Å²) >= 11 is 0. The molecule has 4 nitrogen and oxygen atoms in total. The van der Waals surface area contributed by atoms with Crippen molar-refractivity contribution in [2.45, 2.75) is 38.5 Å². The van der Waals surface area contributed by atoms with Gasteiger partial charge in [0, 0.05) is 12.8 Å². The van der Waals surface area contributed by atoms with Crippen LogP contribution in [0.15, 0.2) is 30.3 Å². The number of amidine groups is 1. The Labute approximate surface area is 114 Å². The van der Waals surface area contributed by atoms with Gasteiger partial charge in [0.2, 0.25) is 0 Å². The van der Waals surface area contributed by atoms with Gasteiger partial charge >= 0.3 is 5.97 Å². The molecule has 1 aromatic carbocycles. The van der Waals surface area contributed by atoms with Gasteiger partial charge in [-0.3, -0.25) is 10.2 Å². The topological polar surface area (TPSA) is 87.2 Å². The van der Waals surface area contributed by atoms with Crippen LogP contribution in [0, 0.1) is 11.3 Å². The molecule has 19 heavy (non-hydrogen) atoms. The Balaban J connectivity index is 2.48. The molecule has 1 rings (SSSR count). The van der Waals surface area contributed by atoms with Gasteiger partial charge in [0.25, 0.3) is 0 Å². The highest BCUT2D eigenvalue weighted by atomic mass is 16.4. The van der Waals surface area contributed by atoms with Crippen molar-refractivity contribution in [1.82, 2.24) is 0 Å². The molecule has 104 valence electrons. The monoisotopic (exact) mass is 262 g/mol. The number of aliphatic carboxylic acids is 1. The standard InChI is InChI=1S/C15H22N2O2/c16-14(17)10-9-13(7-4-8-15(18)19)11-12-5-2-1-3-6-12/h1-3,5-6,13H,4,7-11H2,(H3,16,17)(H,18,19). The van der Waals surface area contributed by atoms with Crippen LogP contribution < -0.4 is 5.73 Å². The molecular formula is C15H22N2O2. The molecule has 0 aliphatic rings. The molecule has 0 spiro atoms. The zero-order chi connectivity index (χ0) is 14.1. The van der Waals surface area contributed by atoms with Gasteiger partial charge in [-0.05, 0) is 37.2 Å². The van der Waals surface area contributed by atoms with Crippen molar-refractivity contribution >= 4 is 11.8 Å². The molecule has 4 N–H and O–H groups in total. The van der Waals surface area contributed by atoms with E-state index in [1.54, 1.807) is 0 Å². The van der Waals surface area contributed by atoms with E-state index in [4.69, 9.17) is 16.2 Å². The van der Waals surface area contributed by atoms with Gasteiger partial charge in [0.05, 0.1) is 5.84 Å². The second-order valence-electron chi connectivity index (χ2n) is 4.91. The van der Waals surface area contributed by atoms with E-state index < -0.39 is 5.97 Å². The third-order valence-electron chi connectivity index (χ3n) is 3.19. The Kier molecular flexibility index (Phi) is 6.64. The normalized spacial score (nSPS) is 12.0. The van der Waals surface area contributed by atoms with E-state index in [1.807, 2.05) is 18.2 Å². The van der Waals surface area contributed by atoms with E-state index in [-0.39, 0.29) is 12.3 Å². The zero-order valence-electron chi connectivity index (χ0n) is 11.1. The Bertz CT molecular complexity index is 404. The molecule has 0 bridgehead atoms. The van der Waals surface area contributed by atoms with Crippen LogP contribution in [-0.2, 0) is 11.2 Å². The summed E-state index contributed by atoms with van der Waals surface area (Å²) in [6.45, 7) is 0. The van der Waals surface area contributed by atoms with Gasteiger partial charge in [-0.2, -0.15) is 0 Å². The fourth-order valence-corrected chi connectivity index (χ4v) is 2.20. The van der Waals surface area contributed by atoms with E-state index in [1.165, 1.54) is 5.56 Å². The molecule has 0 heterocycles. The fourth-order valence-electron chi connectivity index (χ4n) is 2.20. The highest BCUT2D eigenvalue weighted by molar-refractivity contribution is 5.76. The van der Waals surface area contributed by atoms with Crippen molar-refractivity contribution in [2.24, 2.45) is 11.7 Å². The lowest BCUT2D eigenvalue weighted by atomic mass is 9.90. The summed E-state index contributed by atoms with van der Waals surface area (Å²) in [6, 6.07) is 10.2. The molecule has 1 aromatic rings. The second-order valence-corrected chi connectivity index (χ2v) is 4.91. The minimum absolute atomic E-state index is 0.205. The summed E-state index contributed by atoms with van der Waals surface area (Å²) in [7, 11) is 0. The number of rotatable bonds is 9. The highest BCUT2D eigenvalue weighted by Gasteiger charge is 2.11. The largest absolute Gasteiger partial charge is 0.481 e. The summed E-state index contributed by atoms with van der Waals surface area (Å²) < 4.78 is 0. The molecule has 0 amide bonds. The number of carboxylic acids is 1. The van der Waals surface area contributed by atoms with Crippen LogP contribution in [-0.4, -0.2) is 16.9 Å². The predicted octanol–water partition coefficient (Wildman–Crippen LogP) is 2.82.